The Bertz CT molecular complexity index is 1380. The van der Waals surface area contributed by atoms with Crippen molar-refractivity contribution in [2.24, 2.45) is 0 Å². The molecular weight excluding hydrogens is 526 g/mol. The number of carbonyl (C=O) groups excluding carboxylic acids is 3. The van der Waals surface area contributed by atoms with Gasteiger partial charge in [-0.2, -0.15) is 0 Å². The number of ketones is 1. The fraction of sp³-hybridized carbons (Fsp3) is 0.179. The fourth-order valence-electron chi connectivity index (χ4n) is 4.20. The highest BCUT2D eigenvalue weighted by molar-refractivity contribution is 9.10. The van der Waals surface area contributed by atoms with Gasteiger partial charge in [0.15, 0.2) is 0 Å². The van der Waals surface area contributed by atoms with Crippen LogP contribution >= 0.6 is 15.9 Å². The molecule has 36 heavy (non-hydrogen) atoms. The molecule has 1 aliphatic heterocycles. The quantitative estimate of drug-likeness (QED) is 0.187. The number of anilines is 1. The average molecular weight is 550 g/mol. The molecule has 1 atom stereocenters. The molecule has 0 radical (unpaired) electrons. The first-order valence-corrected chi connectivity index (χ1v) is 12.0. The van der Waals surface area contributed by atoms with E-state index >= 15 is 0 Å². The largest absolute Gasteiger partial charge is 0.507 e. The monoisotopic (exact) mass is 549 g/mol. The number of Topliss-reactive ketones (excluding diaryl/α,β-unsaturated/α-hetero) is 1. The Balaban J connectivity index is 1.87. The summed E-state index contributed by atoms with van der Waals surface area (Å²) < 4.78 is 10.9. The number of esters is 1. The van der Waals surface area contributed by atoms with Gasteiger partial charge >= 0.3 is 5.97 Å². The summed E-state index contributed by atoms with van der Waals surface area (Å²) in [5.74, 6) is -1.80. The van der Waals surface area contributed by atoms with Crippen LogP contribution in [-0.2, 0) is 14.3 Å². The van der Waals surface area contributed by atoms with Gasteiger partial charge in [0.05, 0.1) is 35.4 Å². The predicted octanol–water partition coefficient (Wildman–Crippen LogP) is 5.57. The van der Waals surface area contributed by atoms with Gasteiger partial charge in [-0.15, -0.1) is 0 Å². The third-order valence-electron chi connectivity index (χ3n) is 5.88. The second-order valence-corrected chi connectivity index (χ2v) is 9.05. The summed E-state index contributed by atoms with van der Waals surface area (Å²) in [7, 11) is 1.52. The van der Waals surface area contributed by atoms with Crippen molar-refractivity contribution in [3.05, 3.63) is 99.0 Å². The number of amides is 1. The maximum absolute atomic E-state index is 13.3. The fourth-order valence-corrected chi connectivity index (χ4v) is 4.74. The summed E-state index contributed by atoms with van der Waals surface area (Å²) in [4.78, 5) is 40.1. The topological polar surface area (TPSA) is 93.1 Å². The van der Waals surface area contributed by atoms with Crippen molar-refractivity contribution < 1.29 is 29.0 Å². The van der Waals surface area contributed by atoms with Crippen molar-refractivity contribution in [2.45, 2.75) is 19.9 Å². The highest BCUT2D eigenvalue weighted by Crippen LogP contribution is 2.43. The number of hydrogen-bond donors (Lipinski definition) is 1. The van der Waals surface area contributed by atoms with Crippen LogP contribution in [-0.4, -0.2) is 36.5 Å². The number of carbonyl (C=O) groups is 3. The number of hydrogen-bond acceptors (Lipinski definition) is 6. The van der Waals surface area contributed by atoms with Crippen molar-refractivity contribution in [1.82, 2.24) is 0 Å². The van der Waals surface area contributed by atoms with E-state index in [0.717, 1.165) is 5.56 Å². The zero-order chi connectivity index (χ0) is 26.0. The minimum Gasteiger partial charge on any atom is -0.507 e. The van der Waals surface area contributed by atoms with Crippen LogP contribution in [0.5, 0.6) is 5.75 Å². The van der Waals surface area contributed by atoms with Crippen LogP contribution in [0.4, 0.5) is 5.69 Å². The first kappa shape index (κ1) is 25.2. The molecule has 8 heteroatoms. The summed E-state index contributed by atoms with van der Waals surface area (Å²) in [6.45, 7) is 3.86. The predicted molar refractivity (Wildman–Crippen MR) is 139 cm³/mol. The van der Waals surface area contributed by atoms with E-state index in [4.69, 9.17) is 9.47 Å². The lowest BCUT2D eigenvalue weighted by atomic mass is 9.94. The van der Waals surface area contributed by atoms with Crippen molar-refractivity contribution in [2.75, 3.05) is 18.6 Å². The van der Waals surface area contributed by atoms with Crippen LogP contribution in [0.3, 0.4) is 0 Å². The van der Waals surface area contributed by atoms with E-state index in [1.165, 1.54) is 12.0 Å². The van der Waals surface area contributed by atoms with E-state index in [-0.39, 0.29) is 17.9 Å². The van der Waals surface area contributed by atoms with Gasteiger partial charge in [0.1, 0.15) is 11.5 Å². The molecule has 1 aliphatic rings. The Morgan fingerprint density at radius 2 is 1.72 bits per heavy atom. The van der Waals surface area contributed by atoms with E-state index in [9.17, 15) is 19.5 Å². The van der Waals surface area contributed by atoms with Gasteiger partial charge in [-0.05, 0) is 77.8 Å². The zero-order valence-corrected chi connectivity index (χ0v) is 21.5. The Labute approximate surface area is 217 Å². The lowest BCUT2D eigenvalue weighted by Crippen LogP contribution is -2.29. The number of aryl methyl sites for hydroxylation is 1. The molecule has 0 aliphatic carbocycles. The summed E-state index contributed by atoms with van der Waals surface area (Å²) in [5.41, 5.74) is 2.66. The second-order valence-electron chi connectivity index (χ2n) is 8.20. The highest BCUT2D eigenvalue weighted by Gasteiger charge is 2.47. The molecule has 1 fully saturated rings. The third kappa shape index (κ3) is 4.64. The SMILES string of the molecule is CCOC(=O)c1ccc(N2C(=O)C(=O)/C(=C(\O)c3ccc(OC)c(Br)c3)C2c2cccc(C)c2)cc1. The Kier molecular flexibility index (Phi) is 7.26. The van der Waals surface area contributed by atoms with E-state index < -0.39 is 23.7 Å². The second kappa shape index (κ2) is 10.4. The smallest absolute Gasteiger partial charge is 0.338 e. The normalized spacial score (nSPS) is 16.8. The van der Waals surface area contributed by atoms with E-state index in [1.54, 1.807) is 55.5 Å². The maximum atomic E-state index is 13.3. The summed E-state index contributed by atoms with van der Waals surface area (Å²) in [6, 6.07) is 17.7. The molecule has 0 bridgehead atoms. The van der Waals surface area contributed by atoms with Gasteiger partial charge in [0.2, 0.25) is 0 Å². The number of aliphatic hydroxyl groups excluding tert-OH is 1. The molecule has 0 aromatic heterocycles. The molecule has 4 rings (SSSR count). The van der Waals surface area contributed by atoms with Crippen molar-refractivity contribution >= 4 is 45.0 Å². The lowest BCUT2D eigenvalue weighted by Gasteiger charge is -2.26. The van der Waals surface area contributed by atoms with Gasteiger partial charge in [-0.25, -0.2) is 4.79 Å². The van der Waals surface area contributed by atoms with Crippen LogP contribution in [0.15, 0.2) is 76.8 Å². The minimum absolute atomic E-state index is 0.0304. The number of halogens is 1. The minimum atomic E-state index is -0.876. The van der Waals surface area contributed by atoms with Crippen LogP contribution in [0, 0.1) is 6.92 Å². The third-order valence-corrected chi connectivity index (χ3v) is 6.50. The molecule has 3 aromatic carbocycles. The number of nitrogens with zero attached hydrogens (tertiary/aromatic N) is 1. The molecule has 1 amide bonds. The maximum Gasteiger partial charge on any atom is 0.338 e. The summed E-state index contributed by atoms with van der Waals surface area (Å²) >= 11 is 3.40. The van der Waals surface area contributed by atoms with Crippen molar-refractivity contribution in [3.8, 4) is 5.75 Å². The Hall–Kier alpha value is -3.91. The number of methoxy groups -OCH3 is 1. The van der Waals surface area contributed by atoms with E-state index in [0.29, 0.717) is 32.6 Å². The van der Waals surface area contributed by atoms with Crippen LogP contribution in [0.1, 0.15) is 40.0 Å². The summed E-state index contributed by atoms with van der Waals surface area (Å²) in [6.07, 6.45) is 0. The van der Waals surface area contributed by atoms with Gasteiger partial charge < -0.3 is 14.6 Å². The van der Waals surface area contributed by atoms with Gasteiger partial charge in [0.25, 0.3) is 11.7 Å². The number of benzene rings is 3. The first-order valence-electron chi connectivity index (χ1n) is 11.3. The molecule has 0 spiro atoms. The molecule has 1 heterocycles. The standard InChI is InChI=1S/C28H24BrNO6/c1-4-36-28(34)17-8-11-20(12-9-17)30-24(18-7-5-6-16(2)14-18)23(26(32)27(30)33)25(31)19-10-13-22(35-3)21(29)15-19/h5-15,24,31H,4H2,1-3H3/b25-23-. The summed E-state index contributed by atoms with van der Waals surface area (Å²) in [5, 5.41) is 11.3. The molecule has 7 nitrogen and oxygen atoms in total. The van der Waals surface area contributed by atoms with Crippen molar-refractivity contribution in [3.63, 3.8) is 0 Å². The lowest BCUT2D eigenvalue weighted by molar-refractivity contribution is -0.132. The number of rotatable bonds is 6. The van der Waals surface area contributed by atoms with E-state index in [1.807, 2.05) is 25.1 Å². The highest BCUT2D eigenvalue weighted by atomic mass is 79.9. The molecule has 1 unspecified atom stereocenters. The Morgan fingerprint density at radius 1 is 1.03 bits per heavy atom. The molecular formula is C28H24BrNO6. The Morgan fingerprint density at radius 3 is 2.33 bits per heavy atom. The van der Waals surface area contributed by atoms with Crippen molar-refractivity contribution in [1.29, 1.82) is 0 Å². The molecule has 1 saturated heterocycles. The molecule has 184 valence electrons. The molecule has 1 N–H and O–H groups in total. The number of ether oxygens (including phenoxy) is 2. The molecule has 3 aromatic rings. The average Bonchev–Trinajstić information content (AvgIpc) is 3.14. The first-order chi connectivity index (χ1) is 17.3. The molecule has 0 saturated carbocycles. The van der Waals surface area contributed by atoms with E-state index in [2.05, 4.69) is 15.9 Å². The number of aliphatic hydroxyl groups is 1. The van der Waals surface area contributed by atoms with Crippen LogP contribution in [0.25, 0.3) is 5.76 Å². The van der Waals surface area contributed by atoms with Gasteiger partial charge in [0, 0.05) is 11.3 Å². The van der Waals surface area contributed by atoms with Crippen LogP contribution < -0.4 is 9.64 Å². The van der Waals surface area contributed by atoms with Gasteiger partial charge in [-0.3, -0.25) is 14.5 Å². The van der Waals surface area contributed by atoms with Gasteiger partial charge in [-0.1, -0.05) is 29.8 Å². The zero-order valence-electron chi connectivity index (χ0n) is 19.9. The van der Waals surface area contributed by atoms with Crippen LogP contribution in [0.2, 0.25) is 0 Å².